The summed E-state index contributed by atoms with van der Waals surface area (Å²) in [7, 11) is 0. The first kappa shape index (κ1) is 15.9. The molecular formula is C18H26O4. The van der Waals surface area contributed by atoms with E-state index >= 15 is 0 Å². The average molecular weight is 306 g/mol. The highest BCUT2D eigenvalue weighted by Gasteiger charge is 2.57. The standard InChI is InChI=1S/C18H26O4/c1-5-14-15(19-11-13-9-7-6-8-10-13)16-17(20-14)22-18(4,21-16)12(2)3/h6-10,12,14-17H,5,11H2,1-4H3/t14-,15+,16-,17-,18?/m1/s1. The first-order chi connectivity index (χ1) is 10.5. The zero-order valence-corrected chi connectivity index (χ0v) is 13.8. The van der Waals surface area contributed by atoms with E-state index in [1.54, 1.807) is 0 Å². The van der Waals surface area contributed by atoms with E-state index in [-0.39, 0.29) is 30.5 Å². The van der Waals surface area contributed by atoms with Crippen molar-refractivity contribution in [3.05, 3.63) is 35.9 Å². The topological polar surface area (TPSA) is 36.9 Å². The Labute approximate surface area is 132 Å². The quantitative estimate of drug-likeness (QED) is 0.834. The third kappa shape index (κ3) is 2.93. The number of fused-ring (bicyclic) bond motifs is 1. The minimum absolute atomic E-state index is 0.0235. The minimum atomic E-state index is -0.595. The average Bonchev–Trinajstić information content (AvgIpc) is 3.00. The third-order valence-electron chi connectivity index (χ3n) is 4.72. The molecule has 0 spiro atoms. The lowest BCUT2D eigenvalue weighted by Gasteiger charge is -2.30. The summed E-state index contributed by atoms with van der Waals surface area (Å²) < 4.78 is 24.4. The van der Waals surface area contributed by atoms with Crippen LogP contribution in [0.2, 0.25) is 0 Å². The van der Waals surface area contributed by atoms with Crippen molar-refractivity contribution in [3.8, 4) is 0 Å². The van der Waals surface area contributed by atoms with Crippen LogP contribution in [-0.4, -0.2) is 30.4 Å². The van der Waals surface area contributed by atoms with Gasteiger partial charge in [0.25, 0.3) is 0 Å². The van der Waals surface area contributed by atoms with Crippen LogP contribution in [-0.2, 0) is 25.6 Å². The SMILES string of the molecule is CC[C@H]1O[C@@H]2OC(C)(C(C)C)O[C@@H]2[C@H]1OCc1ccccc1. The molecule has 5 atom stereocenters. The smallest absolute Gasteiger partial charge is 0.190 e. The summed E-state index contributed by atoms with van der Waals surface area (Å²) in [4.78, 5) is 0. The van der Waals surface area contributed by atoms with Gasteiger partial charge in [0.05, 0.1) is 12.7 Å². The van der Waals surface area contributed by atoms with Crippen molar-refractivity contribution in [1.82, 2.24) is 0 Å². The van der Waals surface area contributed by atoms with Crippen LogP contribution >= 0.6 is 0 Å². The number of ether oxygens (including phenoxy) is 4. The highest BCUT2D eigenvalue weighted by Crippen LogP contribution is 2.42. The van der Waals surface area contributed by atoms with Gasteiger partial charge in [-0.2, -0.15) is 0 Å². The van der Waals surface area contributed by atoms with Gasteiger partial charge in [0, 0.05) is 5.92 Å². The zero-order chi connectivity index (χ0) is 15.7. The molecule has 2 aliphatic rings. The fraction of sp³-hybridized carbons (Fsp3) is 0.667. The van der Waals surface area contributed by atoms with Crippen molar-refractivity contribution in [2.75, 3.05) is 0 Å². The molecule has 2 saturated heterocycles. The summed E-state index contributed by atoms with van der Waals surface area (Å²) in [5, 5.41) is 0. The van der Waals surface area contributed by atoms with Crippen LogP contribution in [0.4, 0.5) is 0 Å². The Morgan fingerprint density at radius 2 is 1.91 bits per heavy atom. The predicted octanol–water partition coefficient (Wildman–Crippen LogP) is 3.49. The fourth-order valence-corrected chi connectivity index (χ4v) is 3.01. The maximum absolute atomic E-state index is 6.20. The summed E-state index contributed by atoms with van der Waals surface area (Å²) in [6.45, 7) is 8.84. The molecule has 0 saturated carbocycles. The van der Waals surface area contributed by atoms with E-state index < -0.39 is 5.79 Å². The lowest BCUT2D eigenvalue weighted by molar-refractivity contribution is -0.247. The summed E-state index contributed by atoms with van der Waals surface area (Å²) in [5.41, 5.74) is 1.16. The van der Waals surface area contributed by atoms with Gasteiger partial charge in [0.15, 0.2) is 12.1 Å². The lowest BCUT2D eigenvalue weighted by atomic mass is 10.1. The molecule has 0 aromatic heterocycles. The molecule has 0 amide bonds. The molecule has 0 N–H and O–H groups in total. The van der Waals surface area contributed by atoms with Gasteiger partial charge in [-0.1, -0.05) is 51.1 Å². The van der Waals surface area contributed by atoms with Crippen molar-refractivity contribution in [1.29, 1.82) is 0 Å². The Balaban J connectivity index is 1.68. The molecule has 1 aromatic carbocycles. The van der Waals surface area contributed by atoms with E-state index in [9.17, 15) is 0 Å². The monoisotopic (exact) mass is 306 g/mol. The van der Waals surface area contributed by atoms with Gasteiger partial charge in [-0.15, -0.1) is 0 Å². The van der Waals surface area contributed by atoms with Crippen LogP contribution in [0.3, 0.4) is 0 Å². The van der Waals surface area contributed by atoms with Crippen molar-refractivity contribution < 1.29 is 18.9 Å². The first-order valence-electron chi connectivity index (χ1n) is 8.20. The van der Waals surface area contributed by atoms with Gasteiger partial charge in [0.2, 0.25) is 0 Å². The molecule has 1 unspecified atom stereocenters. The predicted molar refractivity (Wildman–Crippen MR) is 83.2 cm³/mol. The largest absolute Gasteiger partial charge is 0.368 e. The highest BCUT2D eigenvalue weighted by atomic mass is 16.8. The van der Waals surface area contributed by atoms with Crippen molar-refractivity contribution in [2.45, 2.75) is 71.1 Å². The molecule has 0 aliphatic carbocycles. The third-order valence-corrected chi connectivity index (χ3v) is 4.72. The molecule has 3 rings (SSSR count). The molecule has 0 bridgehead atoms. The Morgan fingerprint density at radius 3 is 2.55 bits per heavy atom. The molecule has 22 heavy (non-hydrogen) atoms. The second-order valence-electron chi connectivity index (χ2n) is 6.58. The molecule has 0 radical (unpaired) electrons. The van der Waals surface area contributed by atoms with Crippen LogP contribution in [0.5, 0.6) is 0 Å². The molecule has 1 aromatic rings. The van der Waals surface area contributed by atoms with Gasteiger partial charge in [-0.05, 0) is 18.9 Å². The summed E-state index contributed by atoms with van der Waals surface area (Å²) in [5.74, 6) is -0.334. The second-order valence-corrected chi connectivity index (χ2v) is 6.58. The first-order valence-corrected chi connectivity index (χ1v) is 8.20. The van der Waals surface area contributed by atoms with E-state index in [1.807, 2.05) is 25.1 Å². The van der Waals surface area contributed by atoms with Crippen LogP contribution in [0, 0.1) is 5.92 Å². The van der Waals surface area contributed by atoms with Crippen LogP contribution in [0.1, 0.15) is 39.7 Å². The maximum atomic E-state index is 6.20. The summed E-state index contributed by atoms with van der Waals surface area (Å²) in [6.07, 6.45) is 0.350. The second kappa shape index (κ2) is 6.28. The Bertz CT molecular complexity index is 489. The Morgan fingerprint density at radius 1 is 1.18 bits per heavy atom. The Hall–Kier alpha value is -0.940. The molecule has 2 fully saturated rings. The van der Waals surface area contributed by atoms with Gasteiger partial charge in [0.1, 0.15) is 12.2 Å². The molecule has 2 aliphatic heterocycles. The van der Waals surface area contributed by atoms with Crippen molar-refractivity contribution in [2.24, 2.45) is 5.92 Å². The zero-order valence-electron chi connectivity index (χ0n) is 13.8. The number of hydrogen-bond donors (Lipinski definition) is 0. The molecule has 2 heterocycles. The van der Waals surface area contributed by atoms with E-state index in [2.05, 4.69) is 32.9 Å². The number of benzene rings is 1. The minimum Gasteiger partial charge on any atom is -0.368 e. The summed E-state index contributed by atoms with van der Waals surface area (Å²) >= 11 is 0. The molecule has 4 nitrogen and oxygen atoms in total. The molecule has 122 valence electrons. The van der Waals surface area contributed by atoms with Crippen LogP contribution < -0.4 is 0 Å². The number of rotatable bonds is 5. The van der Waals surface area contributed by atoms with E-state index in [4.69, 9.17) is 18.9 Å². The van der Waals surface area contributed by atoms with Crippen LogP contribution in [0.15, 0.2) is 30.3 Å². The van der Waals surface area contributed by atoms with Crippen molar-refractivity contribution >= 4 is 0 Å². The number of hydrogen-bond acceptors (Lipinski definition) is 4. The van der Waals surface area contributed by atoms with Gasteiger partial charge >= 0.3 is 0 Å². The normalized spacial score (nSPS) is 37.7. The lowest BCUT2D eigenvalue weighted by Crippen LogP contribution is -2.39. The van der Waals surface area contributed by atoms with Crippen molar-refractivity contribution in [3.63, 3.8) is 0 Å². The van der Waals surface area contributed by atoms with E-state index in [0.29, 0.717) is 6.61 Å². The fourth-order valence-electron chi connectivity index (χ4n) is 3.01. The molecular weight excluding hydrogens is 280 g/mol. The Kier molecular flexibility index (Phi) is 4.55. The molecule has 4 heteroatoms. The van der Waals surface area contributed by atoms with Crippen LogP contribution in [0.25, 0.3) is 0 Å². The van der Waals surface area contributed by atoms with E-state index in [1.165, 1.54) is 0 Å². The van der Waals surface area contributed by atoms with Gasteiger partial charge in [-0.3, -0.25) is 0 Å². The van der Waals surface area contributed by atoms with E-state index in [0.717, 1.165) is 12.0 Å². The highest BCUT2D eigenvalue weighted by molar-refractivity contribution is 5.13. The maximum Gasteiger partial charge on any atom is 0.190 e. The van der Waals surface area contributed by atoms with Gasteiger partial charge < -0.3 is 18.9 Å². The summed E-state index contributed by atoms with van der Waals surface area (Å²) in [6, 6.07) is 10.2. The van der Waals surface area contributed by atoms with Gasteiger partial charge in [-0.25, -0.2) is 0 Å².